The van der Waals surface area contributed by atoms with Gasteiger partial charge in [-0.2, -0.15) is 0 Å². The zero-order valence-corrected chi connectivity index (χ0v) is 31.3. The summed E-state index contributed by atoms with van der Waals surface area (Å²) in [5.74, 6) is 0. The first-order valence-corrected chi connectivity index (χ1v) is 21.1. The zero-order valence-electron chi connectivity index (χ0n) is 28.3. The van der Waals surface area contributed by atoms with Crippen LogP contribution in [0, 0.1) is 24.6 Å². The number of benzene rings is 7. The second-order valence-electron chi connectivity index (χ2n) is 12.6. The van der Waals surface area contributed by atoms with Crippen LogP contribution in [-0.2, 0) is 0 Å². The fourth-order valence-corrected chi connectivity index (χ4v) is 14.1. The molecule has 0 bridgehead atoms. The molecule has 51 heavy (non-hydrogen) atoms. The van der Waals surface area contributed by atoms with Gasteiger partial charge in [0.05, 0.1) is 0 Å². The number of nitrogens with zero attached hydrogens (tertiary/aromatic N) is 3. The van der Waals surface area contributed by atoms with E-state index in [0.717, 1.165) is 39.2 Å². The zero-order chi connectivity index (χ0) is 34.3. The Hall–Kier alpha value is -5.24. The molecule has 246 valence electrons. The second kappa shape index (κ2) is 13.5. The molecule has 2 heterocycles. The van der Waals surface area contributed by atoms with E-state index < -0.39 is 19.8 Å². The molecule has 1 aliphatic rings. The predicted molar refractivity (Wildman–Crippen MR) is 222 cm³/mol. The van der Waals surface area contributed by atoms with Gasteiger partial charge in [0.1, 0.15) is 0 Å². The summed E-state index contributed by atoms with van der Waals surface area (Å²) in [6.45, 7) is 4.49. The van der Waals surface area contributed by atoms with Gasteiger partial charge in [0.25, 0.3) is 0 Å². The van der Waals surface area contributed by atoms with Crippen molar-refractivity contribution >= 4 is 59.7 Å². The van der Waals surface area contributed by atoms with E-state index in [0.29, 0.717) is 0 Å². The van der Waals surface area contributed by atoms with Crippen molar-refractivity contribution < 1.29 is 0 Å². The number of para-hydroxylation sites is 4. The van der Waals surface area contributed by atoms with E-state index in [9.17, 15) is 0 Å². The molecule has 0 saturated carbocycles. The van der Waals surface area contributed by atoms with Crippen molar-refractivity contribution in [3.63, 3.8) is 0 Å². The maximum absolute atomic E-state index is 5.25. The van der Waals surface area contributed by atoms with Gasteiger partial charge >= 0.3 is 242 Å². The van der Waals surface area contributed by atoms with Gasteiger partial charge in [0, 0.05) is 9.79 Å². The van der Waals surface area contributed by atoms with Crippen LogP contribution in [0.15, 0.2) is 180 Å². The predicted octanol–water partition coefficient (Wildman–Crippen LogP) is 12.9. The summed E-state index contributed by atoms with van der Waals surface area (Å²) in [5.41, 5.74) is 11.9. The number of hydrogen-bond acceptors (Lipinski definition) is 4. The number of halogens is 1. The molecule has 8 aromatic rings. The summed E-state index contributed by atoms with van der Waals surface area (Å²) in [6.07, 6.45) is 0. The van der Waals surface area contributed by atoms with Crippen molar-refractivity contribution in [3.05, 3.63) is 192 Å². The molecular formula is C46H34IN3S. The van der Waals surface area contributed by atoms with Crippen LogP contribution in [0.3, 0.4) is 0 Å². The SMILES string of the molecule is Cc1ccccc1I(c1ccc(-c2nc3ccccc3nc2-c2ccc(N3c4ccccc4Sc4ccccc43)cc2)cc1)c1ccccc1C. The van der Waals surface area contributed by atoms with E-state index in [1.54, 1.807) is 0 Å². The fourth-order valence-electron chi connectivity index (χ4n) is 6.76. The van der Waals surface area contributed by atoms with E-state index in [1.807, 2.05) is 30.0 Å². The van der Waals surface area contributed by atoms with E-state index in [4.69, 9.17) is 9.97 Å². The Labute approximate surface area is 310 Å². The van der Waals surface area contributed by atoms with Crippen LogP contribution in [0.2, 0.25) is 0 Å². The van der Waals surface area contributed by atoms with Gasteiger partial charge in [-0.15, -0.1) is 0 Å². The minimum atomic E-state index is -1.96. The summed E-state index contributed by atoms with van der Waals surface area (Å²) in [7, 11) is 0. The number of aryl methyl sites for hydroxylation is 2. The Morgan fingerprint density at radius 3 is 1.39 bits per heavy atom. The van der Waals surface area contributed by atoms with Gasteiger partial charge in [-0.05, 0) is 24.3 Å². The normalized spacial score (nSPS) is 12.4. The van der Waals surface area contributed by atoms with Gasteiger partial charge in [0.15, 0.2) is 0 Å². The molecule has 0 N–H and O–H groups in total. The quantitative estimate of drug-likeness (QED) is 0.157. The molecule has 0 unspecified atom stereocenters. The summed E-state index contributed by atoms with van der Waals surface area (Å²) < 4.78 is 4.37. The van der Waals surface area contributed by atoms with Crippen molar-refractivity contribution in [3.8, 4) is 22.5 Å². The molecule has 1 aliphatic heterocycles. The van der Waals surface area contributed by atoms with Crippen LogP contribution < -0.4 is 4.90 Å². The standard InChI is InChI=1S/C46H34IN3S/c1-31-13-3-5-15-37(31)47(38-16-6-4-14-32(38)2)35-27-23-33(24-28-35)45-46(49-40-18-8-7-17-39(40)48-45)34-25-29-36(30-26-34)50-41-19-9-11-21-43(41)51-44-22-12-10-20-42(44)50/h3-30H,1-2H3. The van der Waals surface area contributed by atoms with E-state index in [2.05, 4.69) is 170 Å². The van der Waals surface area contributed by atoms with Crippen LogP contribution in [0.25, 0.3) is 33.5 Å². The van der Waals surface area contributed by atoms with Gasteiger partial charge in [-0.3, -0.25) is 0 Å². The van der Waals surface area contributed by atoms with Crippen molar-refractivity contribution in [2.24, 2.45) is 0 Å². The molecule has 5 heteroatoms. The Morgan fingerprint density at radius 2 is 0.882 bits per heavy atom. The average molecular weight is 788 g/mol. The topological polar surface area (TPSA) is 29.0 Å². The second-order valence-corrected chi connectivity index (χ2v) is 18.9. The van der Waals surface area contributed by atoms with Crippen molar-refractivity contribution in [2.75, 3.05) is 4.90 Å². The number of anilines is 3. The monoisotopic (exact) mass is 787 g/mol. The van der Waals surface area contributed by atoms with Crippen LogP contribution in [-0.4, -0.2) is 9.97 Å². The molecule has 0 aliphatic carbocycles. The molecule has 9 rings (SSSR count). The molecule has 0 radical (unpaired) electrons. The van der Waals surface area contributed by atoms with Gasteiger partial charge in [0.2, 0.25) is 0 Å². The maximum atomic E-state index is 5.25. The first kappa shape index (κ1) is 31.7. The molecule has 0 atom stereocenters. The van der Waals surface area contributed by atoms with Crippen LogP contribution in [0.5, 0.6) is 0 Å². The number of aromatic nitrogens is 2. The van der Waals surface area contributed by atoms with Crippen molar-refractivity contribution in [1.29, 1.82) is 0 Å². The Kier molecular flexibility index (Phi) is 8.38. The molecule has 3 nitrogen and oxygen atoms in total. The Bertz CT molecular complexity index is 2460. The van der Waals surface area contributed by atoms with Crippen LogP contribution in [0.4, 0.5) is 17.1 Å². The van der Waals surface area contributed by atoms with Gasteiger partial charge < -0.3 is 0 Å². The van der Waals surface area contributed by atoms with Gasteiger partial charge in [-0.1, -0.05) is 36.0 Å². The number of hydrogen-bond donors (Lipinski definition) is 0. The molecule has 0 spiro atoms. The molecule has 7 aromatic carbocycles. The van der Waals surface area contributed by atoms with Crippen LogP contribution >= 0.6 is 31.6 Å². The summed E-state index contributed by atoms with van der Waals surface area (Å²) in [6, 6.07) is 61.2. The average Bonchev–Trinajstić information content (AvgIpc) is 3.18. The summed E-state index contributed by atoms with van der Waals surface area (Å²) in [4.78, 5) is 15.4. The number of fused-ring (bicyclic) bond motifs is 3. The molecule has 0 fully saturated rings. The number of rotatable bonds is 6. The third-order valence-corrected chi connectivity index (χ3v) is 17.1. The van der Waals surface area contributed by atoms with Crippen LogP contribution in [0.1, 0.15) is 11.1 Å². The first-order valence-electron chi connectivity index (χ1n) is 17.1. The molecule has 1 aromatic heterocycles. The van der Waals surface area contributed by atoms with Gasteiger partial charge in [-0.25, -0.2) is 0 Å². The minimum absolute atomic E-state index is 0.885. The first-order chi connectivity index (χ1) is 25.1. The van der Waals surface area contributed by atoms with Crippen molar-refractivity contribution in [2.45, 2.75) is 23.6 Å². The molecule has 0 saturated heterocycles. The molecule has 0 amide bonds. The molecular weight excluding hydrogens is 753 g/mol. The van der Waals surface area contributed by atoms with E-state index in [-0.39, 0.29) is 0 Å². The summed E-state index contributed by atoms with van der Waals surface area (Å²) in [5, 5.41) is 0. The van der Waals surface area contributed by atoms with E-state index in [1.165, 1.54) is 43.0 Å². The van der Waals surface area contributed by atoms with Crippen molar-refractivity contribution in [1.82, 2.24) is 9.97 Å². The third-order valence-electron chi connectivity index (χ3n) is 9.30. The Balaban J connectivity index is 1.13. The Morgan fingerprint density at radius 1 is 0.451 bits per heavy atom. The summed E-state index contributed by atoms with van der Waals surface area (Å²) >= 11 is -0.135. The fraction of sp³-hybridized carbons (Fsp3) is 0.0435. The third kappa shape index (κ3) is 5.90. The van der Waals surface area contributed by atoms with E-state index >= 15 is 0 Å².